The van der Waals surface area contributed by atoms with Crippen molar-refractivity contribution in [3.05, 3.63) is 11.1 Å². The molecule has 3 fully saturated rings. The number of halogens is 2. The SMILES string of the molecule is CN1CCN(c2nc(Cl)nc(NNC(=O)[C@@H](CC3CCCC3)CN(C=O)OC3CCCCO3)c2F)CC1. The van der Waals surface area contributed by atoms with Crippen LogP contribution in [0, 0.1) is 17.7 Å². The van der Waals surface area contributed by atoms with Gasteiger partial charge in [-0.25, -0.2) is 9.90 Å². The normalized spacial score (nSPS) is 22.0. The zero-order valence-electron chi connectivity index (χ0n) is 21.3. The Morgan fingerprint density at radius 1 is 1.22 bits per heavy atom. The minimum atomic E-state index is -0.686. The molecule has 4 rings (SSSR count). The Balaban J connectivity index is 1.41. The Hall–Kier alpha value is -2.28. The van der Waals surface area contributed by atoms with Crippen molar-refractivity contribution < 1.29 is 23.6 Å². The van der Waals surface area contributed by atoms with Gasteiger partial charge in [0.05, 0.1) is 12.5 Å². The van der Waals surface area contributed by atoms with Gasteiger partial charge < -0.3 is 14.5 Å². The predicted octanol–water partition coefficient (Wildman–Crippen LogP) is 2.58. The molecule has 206 valence electrons. The lowest BCUT2D eigenvalue weighted by molar-refractivity contribution is -0.276. The lowest BCUT2D eigenvalue weighted by Crippen LogP contribution is -2.45. The first-order chi connectivity index (χ1) is 17.9. The third-order valence-corrected chi connectivity index (χ3v) is 7.45. The standard InChI is InChI=1S/C24H37ClFN7O4/c1-31-9-11-32(12-10-31)22-20(26)21(27-24(25)28-22)29-30-23(35)18(14-17-6-2-3-7-17)15-33(16-34)37-19-8-4-5-13-36-19/h16-19H,2-15H2,1H3,(H,30,35)(H,27,28,29)/t18-,19?/m0/s1. The van der Waals surface area contributed by atoms with Gasteiger partial charge in [0, 0.05) is 39.2 Å². The number of carbonyl (C=O) groups excluding carboxylic acids is 2. The van der Waals surface area contributed by atoms with E-state index in [2.05, 4.69) is 25.7 Å². The Labute approximate surface area is 221 Å². The molecule has 1 aliphatic carbocycles. The van der Waals surface area contributed by atoms with Crippen molar-refractivity contribution in [2.45, 2.75) is 57.7 Å². The fourth-order valence-electron chi connectivity index (χ4n) is 5.13. The molecular formula is C24H37ClFN7O4. The molecule has 1 unspecified atom stereocenters. The van der Waals surface area contributed by atoms with Crippen molar-refractivity contribution in [1.82, 2.24) is 25.4 Å². The first-order valence-corrected chi connectivity index (χ1v) is 13.5. The molecule has 2 saturated heterocycles. The Morgan fingerprint density at radius 3 is 2.62 bits per heavy atom. The summed E-state index contributed by atoms with van der Waals surface area (Å²) < 4.78 is 20.9. The number of anilines is 2. The van der Waals surface area contributed by atoms with E-state index in [-0.39, 0.29) is 29.4 Å². The molecule has 0 bridgehead atoms. The highest BCUT2D eigenvalue weighted by atomic mass is 35.5. The van der Waals surface area contributed by atoms with Crippen LogP contribution in [0.2, 0.25) is 5.28 Å². The van der Waals surface area contributed by atoms with Gasteiger partial charge in [-0.05, 0) is 43.8 Å². The molecule has 1 aromatic heterocycles. The van der Waals surface area contributed by atoms with Crippen molar-refractivity contribution in [1.29, 1.82) is 0 Å². The molecule has 0 aromatic carbocycles. The van der Waals surface area contributed by atoms with Gasteiger partial charge in [0.1, 0.15) is 0 Å². The molecule has 3 aliphatic rings. The van der Waals surface area contributed by atoms with Crippen molar-refractivity contribution in [2.75, 3.05) is 56.7 Å². The number of hydrogen-bond acceptors (Lipinski definition) is 9. The second kappa shape index (κ2) is 13.5. The highest BCUT2D eigenvalue weighted by Gasteiger charge is 2.30. The summed E-state index contributed by atoms with van der Waals surface area (Å²) in [6.07, 6.45) is 7.59. The first kappa shape index (κ1) is 27.7. The van der Waals surface area contributed by atoms with Crippen LogP contribution in [-0.2, 0) is 19.2 Å². The van der Waals surface area contributed by atoms with E-state index in [4.69, 9.17) is 21.2 Å². The molecular weight excluding hydrogens is 505 g/mol. The van der Waals surface area contributed by atoms with Crippen LogP contribution in [0.15, 0.2) is 0 Å². The minimum Gasteiger partial charge on any atom is -0.351 e. The third kappa shape index (κ3) is 7.86. The fourth-order valence-corrected chi connectivity index (χ4v) is 5.29. The number of rotatable bonds is 11. The number of nitrogens with zero attached hydrogens (tertiary/aromatic N) is 5. The van der Waals surface area contributed by atoms with Gasteiger partial charge in [-0.15, -0.1) is 0 Å². The molecule has 0 spiro atoms. The van der Waals surface area contributed by atoms with Gasteiger partial charge in [0.2, 0.25) is 23.4 Å². The second-order valence-corrected chi connectivity index (χ2v) is 10.4. The molecule has 3 heterocycles. The molecule has 37 heavy (non-hydrogen) atoms. The minimum absolute atomic E-state index is 0.0624. The highest BCUT2D eigenvalue weighted by Crippen LogP contribution is 2.31. The number of hydroxylamine groups is 2. The topological polar surface area (TPSA) is 112 Å². The number of aromatic nitrogens is 2. The average Bonchev–Trinajstić information content (AvgIpc) is 3.42. The largest absolute Gasteiger partial charge is 0.351 e. The monoisotopic (exact) mass is 541 g/mol. The predicted molar refractivity (Wildman–Crippen MR) is 136 cm³/mol. The van der Waals surface area contributed by atoms with E-state index in [9.17, 15) is 9.59 Å². The molecule has 13 heteroatoms. The van der Waals surface area contributed by atoms with Crippen LogP contribution in [-0.4, -0.2) is 84.9 Å². The van der Waals surface area contributed by atoms with Gasteiger partial charge in [0.25, 0.3) is 0 Å². The number of carbonyl (C=O) groups is 2. The summed E-state index contributed by atoms with van der Waals surface area (Å²) in [5, 5.41) is 1.02. The van der Waals surface area contributed by atoms with Gasteiger partial charge in [-0.2, -0.15) is 14.4 Å². The maximum Gasteiger partial charge on any atom is 0.243 e. The van der Waals surface area contributed by atoms with Crippen LogP contribution in [0.5, 0.6) is 0 Å². The lowest BCUT2D eigenvalue weighted by Gasteiger charge is -2.33. The number of hydrogen-bond donors (Lipinski definition) is 2. The van der Waals surface area contributed by atoms with E-state index >= 15 is 4.39 Å². The van der Waals surface area contributed by atoms with Gasteiger partial charge >= 0.3 is 0 Å². The Kier molecular flexibility index (Phi) is 10.1. The molecule has 2 amide bonds. The quantitative estimate of drug-likeness (QED) is 0.248. The van der Waals surface area contributed by atoms with Crippen molar-refractivity contribution in [2.24, 2.45) is 11.8 Å². The van der Waals surface area contributed by atoms with E-state index < -0.39 is 18.0 Å². The number of likely N-dealkylation sites (N-methyl/N-ethyl adjacent to an activating group) is 1. The Morgan fingerprint density at radius 2 is 1.95 bits per heavy atom. The second-order valence-electron chi connectivity index (χ2n) is 10.1. The summed E-state index contributed by atoms with van der Waals surface area (Å²) in [6.45, 7) is 3.38. The van der Waals surface area contributed by atoms with Gasteiger partial charge in [-0.1, -0.05) is 25.7 Å². The highest BCUT2D eigenvalue weighted by molar-refractivity contribution is 6.28. The van der Waals surface area contributed by atoms with Gasteiger partial charge in [-0.3, -0.25) is 20.4 Å². The number of hydrazine groups is 1. The summed E-state index contributed by atoms with van der Waals surface area (Å²) in [6, 6.07) is 0. The van der Waals surface area contributed by atoms with E-state index in [1.54, 1.807) is 0 Å². The molecule has 0 radical (unpaired) electrons. The van der Waals surface area contributed by atoms with E-state index in [0.717, 1.165) is 56.7 Å². The maximum absolute atomic E-state index is 15.3. The first-order valence-electron chi connectivity index (χ1n) is 13.2. The smallest absolute Gasteiger partial charge is 0.243 e. The number of ether oxygens (including phenoxy) is 1. The molecule has 2 N–H and O–H groups in total. The summed E-state index contributed by atoms with van der Waals surface area (Å²) in [5.41, 5.74) is 5.18. The zero-order valence-corrected chi connectivity index (χ0v) is 22.1. The molecule has 2 atom stereocenters. The zero-order chi connectivity index (χ0) is 26.2. The summed E-state index contributed by atoms with van der Waals surface area (Å²) in [5.74, 6) is -1.37. The fraction of sp³-hybridized carbons (Fsp3) is 0.750. The molecule has 1 aromatic rings. The average molecular weight is 542 g/mol. The lowest BCUT2D eigenvalue weighted by atomic mass is 9.92. The van der Waals surface area contributed by atoms with Crippen LogP contribution < -0.4 is 15.8 Å². The van der Waals surface area contributed by atoms with E-state index in [1.807, 2.05) is 11.9 Å². The number of piperazine rings is 1. The van der Waals surface area contributed by atoms with Crippen molar-refractivity contribution in [3.8, 4) is 0 Å². The third-order valence-electron chi connectivity index (χ3n) is 7.29. The van der Waals surface area contributed by atoms with Crippen LogP contribution in [0.1, 0.15) is 51.4 Å². The number of amides is 2. The van der Waals surface area contributed by atoms with Crippen LogP contribution >= 0.6 is 11.6 Å². The summed E-state index contributed by atoms with van der Waals surface area (Å²) in [7, 11) is 2.00. The summed E-state index contributed by atoms with van der Waals surface area (Å²) in [4.78, 5) is 42.7. The molecule has 2 aliphatic heterocycles. The van der Waals surface area contributed by atoms with Gasteiger partial charge in [0.15, 0.2) is 17.9 Å². The van der Waals surface area contributed by atoms with Crippen LogP contribution in [0.3, 0.4) is 0 Å². The van der Waals surface area contributed by atoms with E-state index in [1.165, 1.54) is 0 Å². The molecule has 11 nitrogen and oxygen atoms in total. The van der Waals surface area contributed by atoms with Crippen LogP contribution in [0.25, 0.3) is 0 Å². The van der Waals surface area contributed by atoms with Crippen molar-refractivity contribution in [3.63, 3.8) is 0 Å². The van der Waals surface area contributed by atoms with Crippen LogP contribution in [0.4, 0.5) is 16.0 Å². The molecule has 1 saturated carbocycles. The van der Waals surface area contributed by atoms with E-state index in [0.29, 0.717) is 44.9 Å². The maximum atomic E-state index is 15.3. The Bertz CT molecular complexity index is 909. The number of nitrogens with one attached hydrogen (secondary N) is 2. The van der Waals surface area contributed by atoms with Crippen molar-refractivity contribution >= 4 is 35.6 Å². The summed E-state index contributed by atoms with van der Waals surface area (Å²) >= 11 is 6.09.